The summed E-state index contributed by atoms with van der Waals surface area (Å²) in [6.45, 7) is 4.89. The van der Waals surface area contributed by atoms with Crippen molar-refractivity contribution in [2.75, 3.05) is 13.7 Å². The zero-order valence-electron chi connectivity index (χ0n) is 15.5. The fourth-order valence-electron chi connectivity index (χ4n) is 3.81. The average Bonchev–Trinajstić information content (AvgIpc) is 2.62. The normalized spacial score (nSPS) is 22.1. The predicted octanol–water partition coefficient (Wildman–Crippen LogP) is 4.80. The number of hydrogen-bond donors (Lipinski definition) is 1. The fourth-order valence-corrected chi connectivity index (χ4v) is 3.81. The molecule has 3 nitrogen and oxygen atoms in total. The van der Waals surface area contributed by atoms with E-state index >= 15 is 0 Å². The van der Waals surface area contributed by atoms with E-state index < -0.39 is 0 Å². The Morgan fingerprint density at radius 2 is 1.96 bits per heavy atom. The van der Waals surface area contributed by atoms with Crippen molar-refractivity contribution in [1.82, 2.24) is 5.32 Å². The van der Waals surface area contributed by atoms with Gasteiger partial charge in [0.05, 0.1) is 6.10 Å². The van der Waals surface area contributed by atoms with Gasteiger partial charge in [-0.15, -0.1) is 0 Å². The number of amides is 1. The summed E-state index contributed by atoms with van der Waals surface area (Å²) in [5.74, 6) is 1.24. The lowest BCUT2D eigenvalue weighted by Gasteiger charge is -2.28. The van der Waals surface area contributed by atoms with Gasteiger partial charge < -0.3 is 10.1 Å². The van der Waals surface area contributed by atoms with E-state index in [2.05, 4.69) is 31.3 Å². The maximum absolute atomic E-state index is 12.5. The molecule has 1 unspecified atom stereocenters. The first kappa shape index (κ1) is 19.0. The minimum atomic E-state index is -0.0731. The van der Waals surface area contributed by atoms with Crippen LogP contribution < -0.4 is 5.32 Å². The van der Waals surface area contributed by atoms with Crippen LogP contribution in [0.3, 0.4) is 0 Å². The van der Waals surface area contributed by atoms with Gasteiger partial charge in [0.1, 0.15) is 0 Å². The number of rotatable bonds is 8. The van der Waals surface area contributed by atoms with Crippen molar-refractivity contribution in [3.63, 3.8) is 0 Å². The van der Waals surface area contributed by atoms with Gasteiger partial charge in [0.2, 0.25) is 5.91 Å². The first-order chi connectivity index (χ1) is 11.7. The molecule has 0 saturated heterocycles. The Balaban J connectivity index is 1.79. The van der Waals surface area contributed by atoms with Gasteiger partial charge in [0.15, 0.2) is 0 Å². The number of aryl methyl sites for hydroxylation is 1. The number of methoxy groups -OCH3 is 1. The Bertz CT molecular complexity index is 506. The molecule has 24 heavy (non-hydrogen) atoms. The summed E-state index contributed by atoms with van der Waals surface area (Å²) in [5, 5.41) is 3.12. The molecule has 3 heteroatoms. The van der Waals surface area contributed by atoms with Crippen LogP contribution in [0.5, 0.6) is 0 Å². The van der Waals surface area contributed by atoms with Crippen LogP contribution in [0.2, 0.25) is 0 Å². The molecule has 1 saturated carbocycles. The Kier molecular flexibility index (Phi) is 7.77. The molecule has 1 fully saturated rings. The number of nitrogens with one attached hydrogen (secondary N) is 1. The largest absolute Gasteiger partial charge is 0.375 e. The molecule has 1 aliphatic carbocycles. The molecule has 1 aliphatic rings. The molecule has 0 aliphatic heterocycles. The van der Waals surface area contributed by atoms with E-state index in [-0.39, 0.29) is 17.9 Å². The van der Waals surface area contributed by atoms with Gasteiger partial charge in [-0.25, -0.2) is 0 Å². The molecular weight excluding hydrogens is 298 g/mol. The lowest BCUT2D eigenvalue weighted by Crippen LogP contribution is -2.36. The van der Waals surface area contributed by atoms with Crippen molar-refractivity contribution in [2.24, 2.45) is 11.8 Å². The van der Waals surface area contributed by atoms with Crippen LogP contribution in [0.15, 0.2) is 24.3 Å². The predicted molar refractivity (Wildman–Crippen MR) is 98.9 cm³/mol. The summed E-state index contributed by atoms with van der Waals surface area (Å²) < 4.78 is 5.60. The van der Waals surface area contributed by atoms with Crippen molar-refractivity contribution in [1.29, 1.82) is 0 Å². The molecule has 2 rings (SSSR count). The zero-order chi connectivity index (χ0) is 17.4. The van der Waals surface area contributed by atoms with E-state index in [4.69, 9.17) is 4.74 Å². The monoisotopic (exact) mass is 331 g/mol. The molecule has 1 aromatic rings. The van der Waals surface area contributed by atoms with Crippen LogP contribution in [-0.2, 0) is 9.53 Å². The first-order valence-corrected chi connectivity index (χ1v) is 9.51. The quantitative estimate of drug-likeness (QED) is 0.743. The van der Waals surface area contributed by atoms with Crippen LogP contribution in [0.25, 0.3) is 0 Å². The van der Waals surface area contributed by atoms with Crippen LogP contribution in [0, 0.1) is 18.8 Å². The molecule has 1 amide bonds. The standard InChI is InChI=1S/C21H33NO2/c1-4-5-9-17-11-13-18(14-12-17)21(23)22-15-20(24-3)19-10-7-6-8-16(19)2/h6-8,10,17-18,20H,4-5,9,11-15H2,1-3H3,(H,22,23). The molecule has 1 N–H and O–H groups in total. The SMILES string of the molecule is CCCCC1CCC(C(=O)NCC(OC)c2ccccc2C)CC1. The van der Waals surface area contributed by atoms with E-state index in [9.17, 15) is 4.79 Å². The number of carbonyl (C=O) groups is 1. The third kappa shape index (κ3) is 5.34. The molecule has 1 atom stereocenters. The van der Waals surface area contributed by atoms with Crippen molar-refractivity contribution in [2.45, 2.75) is 64.9 Å². The smallest absolute Gasteiger partial charge is 0.223 e. The van der Waals surface area contributed by atoms with Gasteiger partial charge in [-0.05, 0) is 49.7 Å². The van der Waals surface area contributed by atoms with Gasteiger partial charge in [0, 0.05) is 19.6 Å². The molecule has 1 aromatic carbocycles. The molecule has 134 valence electrons. The number of benzene rings is 1. The second kappa shape index (κ2) is 9.83. The zero-order valence-corrected chi connectivity index (χ0v) is 15.5. The number of unbranched alkanes of at least 4 members (excludes halogenated alkanes) is 1. The van der Waals surface area contributed by atoms with Gasteiger partial charge in [-0.2, -0.15) is 0 Å². The van der Waals surface area contributed by atoms with Gasteiger partial charge in [-0.3, -0.25) is 4.79 Å². The first-order valence-electron chi connectivity index (χ1n) is 9.51. The second-order valence-corrected chi connectivity index (χ2v) is 7.19. The van der Waals surface area contributed by atoms with Crippen LogP contribution >= 0.6 is 0 Å². The van der Waals surface area contributed by atoms with Crippen LogP contribution in [0.4, 0.5) is 0 Å². The molecule has 0 radical (unpaired) electrons. The number of carbonyl (C=O) groups excluding carboxylic acids is 1. The highest BCUT2D eigenvalue weighted by Crippen LogP contribution is 2.32. The van der Waals surface area contributed by atoms with E-state index in [0.29, 0.717) is 6.54 Å². The van der Waals surface area contributed by atoms with Crippen molar-refractivity contribution < 1.29 is 9.53 Å². The number of hydrogen-bond acceptors (Lipinski definition) is 2. The fraction of sp³-hybridized carbons (Fsp3) is 0.667. The summed E-state index contributed by atoms with van der Waals surface area (Å²) in [4.78, 5) is 12.5. The van der Waals surface area contributed by atoms with E-state index in [1.54, 1.807) is 7.11 Å². The lowest BCUT2D eigenvalue weighted by atomic mass is 9.79. The Morgan fingerprint density at radius 1 is 1.25 bits per heavy atom. The minimum absolute atomic E-state index is 0.0731. The average molecular weight is 332 g/mol. The summed E-state index contributed by atoms with van der Waals surface area (Å²) in [6, 6.07) is 8.21. The molecule has 0 heterocycles. The molecule has 0 bridgehead atoms. The maximum atomic E-state index is 12.5. The Labute approximate surface area is 147 Å². The molecule has 0 aromatic heterocycles. The third-order valence-corrected chi connectivity index (χ3v) is 5.47. The lowest BCUT2D eigenvalue weighted by molar-refractivity contribution is -0.126. The van der Waals surface area contributed by atoms with Crippen LogP contribution in [0.1, 0.15) is 69.1 Å². The minimum Gasteiger partial charge on any atom is -0.375 e. The van der Waals surface area contributed by atoms with E-state index in [0.717, 1.165) is 24.3 Å². The summed E-state index contributed by atoms with van der Waals surface area (Å²) in [5.41, 5.74) is 2.36. The van der Waals surface area contributed by atoms with Crippen molar-refractivity contribution in [3.05, 3.63) is 35.4 Å². The highest BCUT2D eigenvalue weighted by Gasteiger charge is 2.26. The third-order valence-electron chi connectivity index (χ3n) is 5.47. The Hall–Kier alpha value is -1.35. The van der Waals surface area contributed by atoms with Crippen molar-refractivity contribution in [3.8, 4) is 0 Å². The molecular formula is C21H33NO2. The van der Waals surface area contributed by atoms with Crippen LogP contribution in [-0.4, -0.2) is 19.6 Å². The van der Waals surface area contributed by atoms with Gasteiger partial charge in [0.25, 0.3) is 0 Å². The summed E-state index contributed by atoms with van der Waals surface area (Å²) >= 11 is 0. The van der Waals surface area contributed by atoms with Gasteiger partial charge >= 0.3 is 0 Å². The second-order valence-electron chi connectivity index (χ2n) is 7.19. The number of ether oxygens (including phenoxy) is 1. The summed E-state index contributed by atoms with van der Waals surface area (Å²) in [7, 11) is 1.71. The molecule has 0 spiro atoms. The van der Waals surface area contributed by atoms with E-state index in [1.807, 2.05) is 12.1 Å². The highest BCUT2D eigenvalue weighted by molar-refractivity contribution is 5.78. The highest BCUT2D eigenvalue weighted by atomic mass is 16.5. The van der Waals surface area contributed by atoms with E-state index in [1.165, 1.54) is 37.7 Å². The van der Waals surface area contributed by atoms with Gasteiger partial charge in [-0.1, -0.05) is 50.5 Å². The van der Waals surface area contributed by atoms with Crippen molar-refractivity contribution >= 4 is 5.91 Å². The maximum Gasteiger partial charge on any atom is 0.223 e. The summed E-state index contributed by atoms with van der Waals surface area (Å²) in [6.07, 6.45) is 8.38. The topological polar surface area (TPSA) is 38.3 Å². The Morgan fingerprint density at radius 3 is 2.58 bits per heavy atom.